The first-order valence-corrected chi connectivity index (χ1v) is 12.1. The lowest BCUT2D eigenvalue weighted by Crippen LogP contribution is -2.38. The molecule has 0 radical (unpaired) electrons. The highest BCUT2D eigenvalue weighted by Crippen LogP contribution is 2.43. The van der Waals surface area contributed by atoms with Gasteiger partial charge in [-0.3, -0.25) is 9.00 Å². The molecule has 0 amide bonds. The third kappa shape index (κ3) is 3.91. The molecule has 2 aliphatic heterocycles. The maximum atomic E-state index is 13.4. The van der Waals surface area contributed by atoms with Gasteiger partial charge in [-0.15, -0.1) is 0 Å². The molecule has 156 valence electrons. The number of fused-ring (bicyclic) bond motifs is 1. The van der Waals surface area contributed by atoms with Gasteiger partial charge in [0.25, 0.3) is 0 Å². The van der Waals surface area contributed by atoms with Gasteiger partial charge in [-0.05, 0) is 50.5 Å². The van der Waals surface area contributed by atoms with Crippen LogP contribution >= 0.6 is 0 Å². The van der Waals surface area contributed by atoms with E-state index >= 15 is 0 Å². The van der Waals surface area contributed by atoms with Crippen molar-refractivity contribution in [2.45, 2.75) is 64.5 Å². The van der Waals surface area contributed by atoms with Gasteiger partial charge in [-0.25, -0.2) is 4.68 Å². The number of carbonyl (C=O) groups is 1. The minimum absolute atomic E-state index is 0.0250. The van der Waals surface area contributed by atoms with Crippen molar-refractivity contribution in [3.63, 3.8) is 0 Å². The zero-order chi connectivity index (χ0) is 20.6. The molecule has 1 aromatic carbocycles. The number of aromatic nitrogens is 2. The summed E-state index contributed by atoms with van der Waals surface area (Å²) in [6, 6.07) is 10.6. The number of Topliss-reactive ketones (excluding diaryl/α,β-unsaturated/α-hetero) is 1. The van der Waals surface area contributed by atoms with Gasteiger partial charge < -0.3 is 5.32 Å². The van der Waals surface area contributed by atoms with E-state index < -0.39 is 10.8 Å². The number of hydrogen-bond acceptors (Lipinski definition) is 4. The van der Waals surface area contributed by atoms with E-state index in [0.29, 0.717) is 23.5 Å². The number of nitrogens with one attached hydrogen (secondary N) is 1. The molecular weight excluding hydrogens is 382 g/mol. The summed E-state index contributed by atoms with van der Waals surface area (Å²) in [6.07, 6.45) is 5.85. The summed E-state index contributed by atoms with van der Waals surface area (Å²) in [4.78, 5) is 13.4. The topological polar surface area (TPSA) is 64.0 Å². The molecule has 0 bridgehead atoms. The van der Waals surface area contributed by atoms with Gasteiger partial charge in [-0.1, -0.05) is 37.3 Å². The average molecular weight is 414 g/mol. The van der Waals surface area contributed by atoms with Crippen molar-refractivity contribution in [3.8, 4) is 0 Å². The summed E-state index contributed by atoms with van der Waals surface area (Å²) in [6.45, 7) is 6.51. The fourth-order valence-electron chi connectivity index (χ4n) is 4.82. The Morgan fingerprint density at radius 1 is 1.24 bits per heavy atom. The molecule has 29 heavy (non-hydrogen) atoms. The summed E-state index contributed by atoms with van der Waals surface area (Å²) in [5.74, 6) is 2.42. The Labute approximate surface area is 175 Å². The average Bonchev–Trinajstić information content (AvgIpc) is 3.15. The van der Waals surface area contributed by atoms with E-state index in [0.717, 1.165) is 31.5 Å². The van der Waals surface area contributed by atoms with Crippen molar-refractivity contribution in [3.05, 3.63) is 47.7 Å². The van der Waals surface area contributed by atoms with Crippen molar-refractivity contribution >= 4 is 22.4 Å². The van der Waals surface area contributed by atoms with Crippen LogP contribution in [0.1, 0.15) is 74.8 Å². The van der Waals surface area contributed by atoms with Gasteiger partial charge in [0.15, 0.2) is 5.78 Å². The molecule has 0 saturated carbocycles. The zero-order valence-corrected chi connectivity index (χ0v) is 18.4. The number of hydrogen-bond donors (Lipinski definition) is 1. The van der Waals surface area contributed by atoms with Crippen molar-refractivity contribution in [2.75, 3.05) is 16.8 Å². The normalized spacial score (nSPS) is 28.4. The van der Waals surface area contributed by atoms with Gasteiger partial charge in [0.2, 0.25) is 0 Å². The molecule has 1 aromatic heterocycles. The highest BCUT2D eigenvalue weighted by atomic mass is 32.2. The lowest BCUT2D eigenvalue weighted by molar-refractivity contribution is 0.0891. The fraction of sp³-hybridized carbons (Fsp3) is 0.565. The summed E-state index contributed by atoms with van der Waals surface area (Å²) < 4.78 is 13.8. The van der Waals surface area contributed by atoms with E-state index in [2.05, 4.69) is 55.5 Å². The largest absolute Gasteiger partial charge is 0.363 e. The summed E-state index contributed by atoms with van der Waals surface area (Å²) in [5.41, 5.74) is 1.72. The van der Waals surface area contributed by atoms with Gasteiger partial charge in [-0.2, -0.15) is 5.10 Å². The van der Waals surface area contributed by atoms with E-state index in [4.69, 9.17) is 0 Å². The second-order valence-corrected chi connectivity index (χ2v) is 10.9. The van der Waals surface area contributed by atoms with E-state index in [-0.39, 0.29) is 22.8 Å². The van der Waals surface area contributed by atoms with E-state index in [1.54, 1.807) is 6.20 Å². The molecule has 1 fully saturated rings. The number of carbonyl (C=O) groups excluding carboxylic acids is 1. The summed E-state index contributed by atoms with van der Waals surface area (Å²) in [5, 5.41) is 8.20. The predicted octanol–water partition coefficient (Wildman–Crippen LogP) is 4.69. The Balaban J connectivity index is 1.61. The molecule has 1 atom stereocenters. The molecule has 1 saturated heterocycles. The third-order valence-corrected chi connectivity index (χ3v) is 8.18. The lowest BCUT2D eigenvalue weighted by atomic mass is 9.74. The molecule has 2 aromatic rings. The second kappa shape index (κ2) is 7.71. The highest BCUT2D eigenvalue weighted by molar-refractivity contribution is 7.85. The van der Waals surface area contributed by atoms with Crippen LogP contribution in [0.5, 0.6) is 0 Å². The number of rotatable bonds is 5. The van der Waals surface area contributed by atoms with Gasteiger partial charge >= 0.3 is 0 Å². The maximum Gasteiger partial charge on any atom is 0.168 e. The zero-order valence-electron chi connectivity index (χ0n) is 17.6. The standard InChI is InChI=1S/C23H31N3O2S/c1-4-23(10-12-29(28)13-11-23)15-20(27)18-16-24-26-21(18)25-19(14-22(26,2)3)17-8-6-5-7-9-17/h5-9,16,19,25H,4,10-15H2,1-3H3. The molecule has 0 spiro atoms. The molecule has 6 heteroatoms. The fourth-order valence-corrected chi connectivity index (χ4v) is 6.34. The van der Waals surface area contributed by atoms with Gasteiger partial charge in [0, 0.05) is 28.7 Å². The van der Waals surface area contributed by atoms with Crippen molar-refractivity contribution < 1.29 is 9.00 Å². The van der Waals surface area contributed by atoms with Crippen molar-refractivity contribution in [2.24, 2.45) is 5.41 Å². The lowest BCUT2D eigenvalue weighted by Gasteiger charge is -2.39. The summed E-state index contributed by atoms with van der Waals surface area (Å²) in [7, 11) is -0.718. The van der Waals surface area contributed by atoms with Crippen molar-refractivity contribution in [1.29, 1.82) is 0 Å². The van der Waals surface area contributed by atoms with Crippen LogP contribution in [0.2, 0.25) is 0 Å². The molecule has 5 nitrogen and oxygen atoms in total. The Morgan fingerprint density at radius 2 is 1.93 bits per heavy atom. The van der Waals surface area contributed by atoms with E-state index in [1.165, 1.54) is 5.56 Å². The minimum atomic E-state index is -0.718. The van der Waals surface area contributed by atoms with E-state index in [9.17, 15) is 9.00 Å². The van der Waals surface area contributed by atoms with E-state index in [1.807, 2.05) is 10.7 Å². The van der Waals surface area contributed by atoms with Crippen LogP contribution in [0.25, 0.3) is 0 Å². The Hall–Kier alpha value is -1.95. The Bertz CT molecular complexity index is 909. The molecule has 3 heterocycles. The van der Waals surface area contributed by atoms with Crippen molar-refractivity contribution in [1.82, 2.24) is 9.78 Å². The number of benzene rings is 1. The first-order chi connectivity index (χ1) is 13.8. The van der Waals surface area contributed by atoms with Crippen LogP contribution in [0.4, 0.5) is 5.82 Å². The second-order valence-electron chi connectivity index (χ2n) is 9.24. The molecular formula is C23H31N3O2S. The number of anilines is 1. The van der Waals surface area contributed by atoms with Gasteiger partial charge in [0.1, 0.15) is 5.82 Å². The monoisotopic (exact) mass is 413 g/mol. The first-order valence-electron chi connectivity index (χ1n) is 10.6. The number of nitrogens with zero attached hydrogens (tertiary/aromatic N) is 2. The molecule has 1 unspecified atom stereocenters. The Kier molecular flexibility index (Phi) is 5.40. The van der Waals surface area contributed by atoms with Crippen LogP contribution in [-0.4, -0.2) is 31.3 Å². The minimum Gasteiger partial charge on any atom is -0.363 e. The van der Waals surface area contributed by atoms with Crippen LogP contribution in [0.3, 0.4) is 0 Å². The smallest absolute Gasteiger partial charge is 0.168 e. The van der Waals surface area contributed by atoms with Gasteiger partial charge in [0.05, 0.1) is 23.3 Å². The molecule has 0 aliphatic carbocycles. The predicted molar refractivity (Wildman–Crippen MR) is 118 cm³/mol. The quantitative estimate of drug-likeness (QED) is 0.723. The summed E-state index contributed by atoms with van der Waals surface area (Å²) >= 11 is 0. The SMILES string of the molecule is CCC1(CC(=O)c2cnn3c2NC(c2ccccc2)CC3(C)C)CCS(=O)CC1. The third-order valence-electron chi connectivity index (χ3n) is 6.87. The van der Waals surface area contributed by atoms with Crippen LogP contribution in [0.15, 0.2) is 36.5 Å². The maximum absolute atomic E-state index is 13.4. The highest BCUT2D eigenvalue weighted by Gasteiger charge is 2.39. The van der Waals surface area contributed by atoms with Crippen LogP contribution in [-0.2, 0) is 16.3 Å². The van der Waals surface area contributed by atoms with Crippen LogP contribution in [0, 0.1) is 5.41 Å². The Morgan fingerprint density at radius 3 is 2.59 bits per heavy atom. The number of ketones is 1. The van der Waals surface area contributed by atoms with Crippen LogP contribution < -0.4 is 5.32 Å². The molecule has 1 N–H and O–H groups in total. The first kappa shape index (κ1) is 20.3. The molecule has 4 rings (SSSR count). The molecule has 2 aliphatic rings.